The molecule has 0 aliphatic rings. The van der Waals surface area contributed by atoms with Crippen LogP contribution in [0.15, 0.2) is 55.0 Å². The SMILES string of the molecule is Cc1ccc(C(C)C)cc1OCc1nc2c3cnn(-c4ccc(Cl)cc4)c3ncn2n1. The third-order valence-electron chi connectivity index (χ3n) is 5.26. The van der Waals surface area contributed by atoms with Gasteiger partial charge in [-0.1, -0.05) is 37.6 Å². The first-order valence-corrected chi connectivity index (χ1v) is 10.4. The lowest BCUT2D eigenvalue weighted by Gasteiger charge is -2.11. The van der Waals surface area contributed by atoms with Gasteiger partial charge >= 0.3 is 0 Å². The molecule has 0 N–H and O–H groups in total. The maximum Gasteiger partial charge on any atom is 0.189 e. The van der Waals surface area contributed by atoms with E-state index in [1.807, 2.05) is 31.2 Å². The lowest BCUT2D eigenvalue weighted by Crippen LogP contribution is -2.01. The lowest BCUT2D eigenvalue weighted by molar-refractivity contribution is 0.293. The maximum absolute atomic E-state index is 6.05. The first-order valence-electron chi connectivity index (χ1n) is 10.1. The Morgan fingerprint density at radius 1 is 1.06 bits per heavy atom. The molecule has 8 heteroatoms. The summed E-state index contributed by atoms with van der Waals surface area (Å²) < 4.78 is 9.47. The highest BCUT2D eigenvalue weighted by molar-refractivity contribution is 6.30. The van der Waals surface area contributed by atoms with Gasteiger partial charge in [0.25, 0.3) is 0 Å². The summed E-state index contributed by atoms with van der Waals surface area (Å²) in [4.78, 5) is 9.21. The summed E-state index contributed by atoms with van der Waals surface area (Å²) >= 11 is 6.00. The zero-order valence-electron chi connectivity index (χ0n) is 17.5. The van der Waals surface area contributed by atoms with Gasteiger partial charge in [0.1, 0.15) is 18.7 Å². The van der Waals surface area contributed by atoms with Gasteiger partial charge in [0.05, 0.1) is 17.3 Å². The zero-order chi connectivity index (χ0) is 21.5. The second kappa shape index (κ2) is 7.67. The number of rotatable bonds is 5. The fourth-order valence-electron chi connectivity index (χ4n) is 3.47. The van der Waals surface area contributed by atoms with Crippen LogP contribution in [0.4, 0.5) is 0 Å². The van der Waals surface area contributed by atoms with Crippen LogP contribution in [0, 0.1) is 6.92 Å². The summed E-state index contributed by atoms with van der Waals surface area (Å²) in [5.74, 6) is 1.87. The summed E-state index contributed by atoms with van der Waals surface area (Å²) in [6.07, 6.45) is 3.40. The Labute approximate surface area is 184 Å². The van der Waals surface area contributed by atoms with Crippen molar-refractivity contribution in [3.63, 3.8) is 0 Å². The zero-order valence-corrected chi connectivity index (χ0v) is 18.2. The third kappa shape index (κ3) is 3.61. The number of fused-ring (bicyclic) bond motifs is 3. The molecule has 0 atom stereocenters. The second-order valence-electron chi connectivity index (χ2n) is 7.78. The Kier molecular flexibility index (Phi) is 4.82. The van der Waals surface area contributed by atoms with Crippen molar-refractivity contribution in [2.24, 2.45) is 0 Å². The summed E-state index contributed by atoms with van der Waals surface area (Å²) in [5.41, 5.74) is 4.59. The van der Waals surface area contributed by atoms with Crippen molar-refractivity contribution in [2.45, 2.75) is 33.3 Å². The van der Waals surface area contributed by atoms with Gasteiger partial charge in [-0.2, -0.15) is 5.10 Å². The van der Waals surface area contributed by atoms with E-state index in [4.69, 9.17) is 16.3 Å². The summed E-state index contributed by atoms with van der Waals surface area (Å²) in [6.45, 7) is 6.65. The topological polar surface area (TPSA) is 70.1 Å². The van der Waals surface area contributed by atoms with E-state index in [-0.39, 0.29) is 6.61 Å². The first kappa shape index (κ1) is 19.5. The summed E-state index contributed by atoms with van der Waals surface area (Å²) in [6, 6.07) is 13.8. The van der Waals surface area contributed by atoms with E-state index in [0.29, 0.717) is 28.1 Å². The van der Waals surface area contributed by atoms with Crippen molar-refractivity contribution < 1.29 is 4.74 Å². The Morgan fingerprint density at radius 2 is 1.87 bits per heavy atom. The predicted octanol–water partition coefficient (Wildman–Crippen LogP) is 5.13. The number of hydrogen-bond acceptors (Lipinski definition) is 5. The van der Waals surface area contributed by atoms with E-state index in [1.54, 1.807) is 21.7 Å². The molecule has 0 spiro atoms. The van der Waals surface area contributed by atoms with Crippen molar-refractivity contribution in [1.82, 2.24) is 29.4 Å². The molecule has 3 heterocycles. The molecular weight excluding hydrogens is 412 g/mol. The molecule has 0 saturated carbocycles. The van der Waals surface area contributed by atoms with Gasteiger partial charge in [-0.25, -0.2) is 19.2 Å². The molecule has 156 valence electrons. The molecule has 0 radical (unpaired) electrons. The molecule has 0 aliphatic carbocycles. The molecule has 0 amide bonds. The minimum atomic E-state index is 0.275. The number of ether oxygens (including phenoxy) is 1. The average molecular weight is 433 g/mol. The van der Waals surface area contributed by atoms with Crippen LogP contribution in [0.1, 0.15) is 36.7 Å². The highest BCUT2D eigenvalue weighted by Gasteiger charge is 2.14. The highest BCUT2D eigenvalue weighted by Crippen LogP contribution is 2.25. The lowest BCUT2D eigenvalue weighted by atomic mass is 10.0. The standard InChI is InChI=1S/C23H21ClN6O/c1-14(2)16-5-4-15(3)20(10-16)31-12-21-27-23-19-11-26-30(18-8-6-17(24)7-9-18)22(19)25-13-29(23)28-21/h4-11,13-14H,12H2,1-3H3. The summed E-state index contributed by atoms with van der Waals surface area (Å²) in [5, 5.41) is 10.5. The van der Waals surface area contributed by atoms with Crippen LogP contribution in [0.2, 0.25) is 5.02 Å². The van der Waals surface area contributed by atoms with Crippen LogP contribution in [0.3, 0.4) is 0 Å². The fourth-order valence-corrected chi connectivity index (χ4v) is 3.60. The van der Waals surface area contributed by atoms with Crippen molar-refractivity contribution >= 4 is 28.3 Å². The van der Waals surface area contributed by atoms with E-state index in [0.717, 1.165) is 22.4 Å². The van der Waals surface area contributed by atoms with E-state index in [2.05, 4.69) is 52.2 Å². The van der Waals surface area contributed by atoms with Crippen molar-refractivity contribution in [1.29, 1.82) is 0 Å². The van der Waals surface area contributed by atoms with Gasteiger partial charge in [0.2, 0.25) is 0 Å². The van der Waals surface area contributed by atoms with Crippen LogP contribution < -0.4 is 4.74 Å². The number of aryl methyl sites for hydroxylation is 1. The number of aromatic nitrogens is 6. The maximum atomic E-state index is 6.05. The van der Waals surface area contributed by atoms with Crippen LogP contribution in [-0.2, 0) is 6.61 Å². The molecule has 0 unspecified atom stereocenters. The smallest absolute Gasteiger partial charge is 0.189 e. The summed E-state index contributed by atoms with van der Waals surface area (Å²) in [7, 11) is 0. The molecule has 0 saturated heterocycles. The molecule has 0 bridgehead atoms. The van der Waals surface area contributed by atoms with Gasteiger partial charge in [-0.15, -0.1) is 5.10 Å². The number of benzene rings is 2. The van der Waals surface area contributed by atoms with Crippen molar-refractivity contribution in [2.75, 3.05) is 0 Å². The molecule has 0 aliphatic heterocycles. The average Bonchev–Trinajstić information content (AvgIpc) is 3.37. The Morgan fingerprint density at radius 3 is 2.65 bits per heavy atom. The minimum Gasteiger partial charge on any atom is -0.485 e. The van der Waals surface area contributed by atoms with Crippen LogP contribution >= 0.6 is 11.6 Å². The van der Waals surface area contributed by atoms with Crippen LogP contribution in [0.5, 0.6) is 5.75 Å². The van der Waals surface area contributed by atoms with Gasteiger partial charge < -0.3 is 4.74 Å². The minimum absolute atomic E-state index is 0.275. The fraction of sp³-hybridized carbons (Fsp3) is 0.217. The molecule has 7 nitrogen and oxygen atoms in total. The van der Waals surface area contributed by atoms with Crippen LogP contribution in [-0.4, -0.2) is 29.4 Å². The second-order valence-corrected chi connectivity index (χ2v) is 8.22. The Bertz CT molecular complexity index is 1390. The predicted molar refractivity (Wildman–Crippen MR) is 120 cm³/mol. The molecule has 31 heavy (non-hydrogen) atoms. The molecule has 3 aromatic heterocycles. The first-order chi connectivity index (χ1) is 15.0. The molecule has 5 rings (SSSR count). The van der Waals surface area contributed by atoms with Crippen molar-refractivity contribution in [3.8, 4) is 11.4 Å². The van der Waals surface area contributed by atoms with E-state index >= 15 is 0 Å². The molecule has 5 aromatic rings. The van der Waals surface area contributed by atoms with Gasteiger partial charge in [-0.3, -0.25) is 0 Å². The number of halogens is 1. The Balaban J connectivity index is 1.46. The number of hydrogen-bond donors (Lipinski definition) is 0. The van der Waals surface area contributed by atoms with Gasteiger partial charge in [0, 0.05) is 5.02 Å². The number of nitrogens with zero attached hydrogens (tertiary/aromatic N) is 6. The largest absolute Gasteiger partial charge is 0.485 e. The normalized spacial score (nSPS) is 11.6. The van der Waals surface area contributed by atoms with E-state index in [9.17, 15) is 0 Å². The molecule has 2 aromatic carbocycles. The molecular formula is C23H21ClN6O. The highest BCUT2D eigenvalue weighted by atomic mass is 35.5. The van der Waals surface area contributed by atoms with Gasteiger partial charge in [0.15, 0.2) is 17.1 Å². The quantitative estimate of drug-likeness (QED) is 0.385. The van der Waals surface area contributed by atoms with Crippen molar-refractivity contribution in [3.05, 3.63) is 77.0 Å². The van der Waals surface area contributed by atoms with E-state index < -0.39 is 0 Å². The van der Waals surface area contributed by atoms with E-state index in [1.165, 1.54) is 5.56 Å². The monoisotopic (exact) mass is 432 g/mol. The van der Waals surface area contributed by atoms with Crippen LogP contribution in [0.25, 0.3) is 22.4 Å². The molecule has 0 fully saturated rings. The Hall–Kier alpha value is -3.45. The van der Waals surface area contributed by atoms with Gasteiger partial charge in [-0.05, 0) is 54.3 Å². The third-order valence-corrected chi connectivity index (χ3v) is 5.51.